The van der Waals surface area contributed by atoms with E-state index in [4.69, 9.17) is 0 Å². The van der Waals surface area contributed by atoms with E-state index in [1.165, 1.54) is 5.56 Å². The highest BCUT2D eigenvalue weighted by Crippen LogP contribution is 2.30. The lowest BCUT2D eigenvalue weighted by atomic mass is 10.2. The molecule has 1 aromatic rings. The molecule has 0 fully saturated rings. The van der Waals surface area contributed by atoms with Crippen molar-refractivity contribution in [1.29, 1.82) is 0 Å². The molecular formula is C9H9NS. The number of hydrogen-bond donors (Lipinski definition) is 1. The van der Waals surface area contributed by atoms with Crippen LogP contribution >= 0.6 is 11.8 Å². The normalized spacial score (nSPS) is 21.6. The fourth-order valence-electron chi connectivity index (χ4n) is 1.09. The number of thioether (sulfide) groups is 1. The Bertz CT molecular complexity index is 248. The molecule has 2 heteroatoms. The lowest BCUT2D eigenvalue weighted by molar-refractivity contribution is 0.862. The zero-order valence-electron chi connectivity index (χ0n) is 6.03. The third-order valence-corrected chi connectivity index (χ3v) is 2.61. The van der Waals surface area contributed by atoms with Crippen LogP contribution in [0.2, 0.25) is 0 Å². The zero-order valence-corrected chi connectivity index (χ0v) is 6.84. The van der Waals surface area contributed by atoms with Crippen LogP contribution in [0.3, 0.4) is 0 Å². The summed E-state index contributed by atoms with van der Waals surface area (Å²) in [6, 6.07) is 10.4. The first-order valence-electron chi connectivity index (χ1n) is 3.58. The maximum Gasteiger partial charge on any atom is 0.102 e. The van der Waals surface area contributed by atoms with Gasteiger partial charge in [-0.2, -0.15) is 0 Å². The molecular weight excluding hydrogens is 154 g/mol. The highest BCUT2D eigenvalue weighted by Gasteiger charge is 2.10. The predicted molar refractivity (Wildman–Crippen MR) is 49.0 cm³/mol. The lowest BCUT2D eigenvalue weighted by Gasteiger charge is -2.08. The van der Waals surface area contributed by atoms with Crippen molar-refractivity contribution < 1.29 is 0 Å². The third-order valence-electron chi connectivity index (χ3n) is 1.63. The Labute approximate surface area is 70.5 Å². The minimum atomic E-state index is 0.427. The highest BCUT2D eigenvalue weighted by molar-refractivity contribution is 8.02. The molecule has 0 saturated carbocycles. The highest BCUT2D eigenvalue weighted by atomic mass is 32.2. The standard InChI is InChI=1S/C9H9NS/c1-2-4-8(5-3-1)9-10-6-7-11-9/h1-7,9-10H. The van der Waals surface area contributed by atoms with Gasteiger partial charge in [0, 0.05) is 6.20 Å². The van der Waals surface area contributed by atoms with Crippen LogP contribution in [0.4, 0.5) is 0 Å². The molecule has 2 rings (SSSR count). The van der Waals surface area contributed by atoms with Gasteiger partial charge in [-0.05, 0) is 11.0 Å². The van der Waals surface area contributed by atoms with Gasteiger partial charge in [0.1, 0.15) is 5.37 Å². The van der Waals surface area contributed by atoms with Crippen molar-refractivity contribution in [2.75, 3.05) is 0 Å². The van der Waals surface area contributed by atoms with Crippen molar-refractivity contribution in [3.63, 3.8) is 0 Å². The summed E-state index contributed by atoms with van der Waals surface area (Å²) in [7, 11) is 0. The second-order valence-corrected chi connectivity index (χ2v) is 3.41. The van der Waals surface area contributed by atoms with E-state index in [0.717, 1.165) is 0 Å². The van der Waals surface area contributed by atoms with Crippen LogP contribution < -0.4 is 5.32 Å². The van der Waals surface area contributed by atoms with Crippen LogP contribution in [-0.2, 0) is 0 Å². The first kappa shape index (κ1) is 6.80. The van der Waals surface area contributed by atoms with Crippen molar-refractivity contribution in [2.24, 2.45) is 0 Å². The Balaban J connectivity index is 2.17. The molecule has 1 aliphatic heterocycles. The molecule has 1 aromatic carbocycles. The van der Waals surface area contributed by atoms with Crippen LogP contribution in [-0.4, -0.2) is 0 Å². The van der Waals surface area contributed by atoms with Gasteiger partial charge in [-0.3, -0.25) is 0 Å². The smallest absolute Gasteiger partial charge is 0.102 e. The van der Waals surface area contributed by atoms with E-state index >= 15 is 0 Å². The first-order chi connectivity index (χ1) is 5.47. The Morgan fingerprint density at radius 3 is 2.64 bits per heavy atom. The van der Waals surface area contributed by atoms with E-state index in [-0.39, 0.29) is 0 Å². The number of benzene rings is 1. The van der Waals surface area contributed by atoms with Gasteiger partial charge in [-0.1, -0.05) is 30.3 Å². The summed E-state index contributed by atoms with van der Waals surface area (Å²) in [5.74, 6) is 0. The van der Waals surface area contributed by atoms with Crippen LogP contribution in [0, 0.1) is 0 Å². The number of nitrogens with one attached hydrogen (secondary N) is 1. The summed E-state index contributed by atoms with van der Waals surface area (Å²) < 4.78 is 0. The molecule has 0 spiro atoms. The predicted octanol–water partition coefficient (Wildman–Crippen LogP) is 2.49. The van der Waals surface area contributed by atoms with Gasteiger partial charge >= 0.3 is 0 Å². The average Bonchev–Trinajstić information content (AvgIpc) is 2.58. The lowest BCUT2D eigenvalue weighted by Crippen LogP contribution is -2.06. The summed E-state index contributed by atoms with van der Waals surface area (Å²) in [6.07, 6.45) is 1.99. The second kappa shape index (κ2) is 3.01. The van der Waals surface area contributed by atoms with E-state index in [1.54, 1.807) is 11.8 Å². The molecule has 0 saturated heterocycles. The van der Waals surface area contributed by atoms with E-state index < -0.39 is 0 Å². The summed E-state index contributed by atoms with van der Waals surface area (Å²) in [4.78, 5) is 0. The molecule has 1 unspecified atom stereocenters. The molecule has 1 aliphatic rings. The van der Waals surface area contributed by atoms with Crippen LogP contribution in [0.25, 0.3) is 0 Å². The molecule has 1 N–H and O–H groups in total. The number of rotatable bonds is 1. The Morgan fingerprint density at radius 1 is 1.18 bits per heavy atom. The zero-order chi connectivity index (χ0) is 7.52. The molecule has 0 aromatic heterocycles. The summed E-state index contributed by atoms with van der Waals surface area (Å²) in [6.45, 7) is 0. The van der Waals surface area contributed by atoms with E-state index in [2.05, 4.69) is 35.0 Å². The average molecular weight is 163 g/mol. The number of hydrogen-bond acceptors (Lipinski definition) is 2. The SMILES string of the molecule is C1=CSC(c2ccccc2)N1. The van der Waals surface area contributed by atoms with Gasteiger partial charge < -0.3 is 5.32 Å². The van der Waals surface area contributed by atoms with Crippen molar-refractivity contribution in [3.8, 4) is 0 Å². The Hall–Kier alpha value is -0.890. The summed E-state index contributed by atoms with van der Waals surface area (Å²) in [5, 5.41) is 5.76. The van der Waals surface area contributed by atoms with E-state index in [1.807, 2.05) is 12.3 Å². The largest absolute Gasteiger partial charge is 0.375 e. The van der Waals surface area contributed by atoms with Gasteiger partial charge in [0.2, 0.25) is 0 Å². The van der Waals surface area contributed by atoms with Crippen molar-refractivity contribution in [2.45, 2.75) is 5.37 Å². The Kier molecular flexibility index (Phi) is 1.86. The van der Waals surface area contributed by atoms with Gasteiger partial charge in [-0.25, -0.2) is 0 Å². The van der Waals surface area contributed by atoms with Crippen molar-refractivity contribution in [3.05, 3.63) is 47.5 Å². The van der Waals surface area contributed by atoms with Gasteiger partial charge in [0.15, 0.2) is 0 Å². The maximum atomic E-state index is 3.26. The summed E-state index contributed by atoms with van der Waals surface area (Å²) in [5.41, 5.74) is 1.34. The quantitative estimate of drug-likeness (QED) is 0.682. The molecule has 0 bridgehead atoms. The fraction of sp³-hybridized carbons (Fsp3) is 0.111. The molecule has 1 atom stereocenters. The van der Waals surface area contributed by atoms with Crippen LogP contribution in [0.15, 0.2) is 41.9 Å². The van der Waals surface area contributed by atoms with Crippen LogP contribution in [0.1, 0.15) is 10.9 Å². The summed E-state index contributed by atoms with van der Waals surface area (Å²) >= 11 is 1.80. The molecule has 0 amide bonds. The third kappa shape index (κ3) is 1.40. The van der Waals surface area contributed by atoms with E-state index in [9.17, 15) is 0 Å². The molecule has 1 heterocycles. The fourth-order valence-corrected chi connectivity index (χ4v) is 1.87. The van der Waals surface area contributed by atoms with Gasteiger partial charge in [0.25, 0.3) is 0 Å². The minimum Gasteiger partial charge on any atom is -0.375 e. The molecule has 0 aliphatic carbocycles. The molecule has 56 valence electrons. The van der Waals surface area contributed by atoms with Crippen molar-refractivity contribution >= 4 is 11.8 Å². The molecule has 11 heavy (non-hydrogen) atoms. The first-order valence-corrected chi connectivity index (χ1v) is 4.52. The molecule has 0 radical (unpaired) electrons. The van der Waals surface area contributed by atoms with Crippen molar-refractivity contribution in [1.82, 2.24) is 5.32 Å². The maximum absolute atomic E-state index is 3.26. The minimum absolute atomic E-state index is 0.427. The van der Waals surface area contributed by atoms with Gasteiger partial charge in [-0.15, -0.1) is 11.8 Å². The monoisotopic (exact) mass is 163 g/mol. The van der Waals surface area contributed by atoms with E-state index in [0.29, 0.717) is 5.37 Å². The Morgan fingerprint density at radius 2 is 2.00 bits per heavy atom. The van der Waals surface area contributed by atoms with Gasteiger partial charge in [0.05, 0.1) is 0 Å². The topological polar surface area (TPSA) is 12.0 Å². The second-order valence-electron chi connectivity index (χ2n) is 2.40. The van der Waals surface area contributed by atoms with Crippen LogP contribution in [0.5, 0.6) is 0 Å². The molecule has 1 nitrogen and oxygen atoms in total.